The van der Waals surface area contributed by atoms with E-state index in [4.69, 9.17) is 14.6 Å². The number of hydrogen-bond donors (Lipinski definition) is 1. The Hall–Kier alpha value is -1.10. The molecule has 12 heavy (non-hydrogen) atoms. The van der Waals surface area contributed by atoms with Crippen LogP contribution in [0.1, 0.15) is 6.92 Å². The molecule has 0 aliphatic heterocycles. The molecule has 0 rings (SSSR count). The number of carbonyl (C=O) groups is 1. The molecule has 0 saturated heterocycles. The molecule has 0 saturated carbocycles. The molecule has 0 heterocycles. The first kappa shape index (κ1) is 10.9. The molecular weight excluding hydrogens is 180 g/mol. The molecule has 4 nitrogen and oxygen atoms in total. The normalized spacial score (nSPS) is 10.7. The number of hydrogen-bond acceptors (Lipinski definition) is 4. The van der Waals surface area contributed by atoms with Gasteiger partial charge in [0.25, 0.3) is 0 Å². The number of carboxylic acids is 1. The topological polar surface area (TPSA) is 55.8 Å². The summed E-state index contributed by atoms with van der Waals surface area (Å²) in [6.07, 6.45) is 0.929. The van der Waals surface area contributed by atoms with Crippen LogP contribution in [0.15, 0.2) is 11.8 Å². The Morgan fingerprint density at radius 1 is 1.67 bits per heavy atom. The van der Waals surface area contributed by atoms with E-state index in [-0.39, 0.29) is 12.4 Å². The van der Waals surface area contributed by atoms with Gasteiger partial charge < -0.3 is 14.6 Å². The molecule has 0 fully saturated rings. The van der Waals surface area contributed by atoms with Crippen LogP contribution in [0.4, 0.5) is 0 Å². The molecule has 0 radical (unpaired) electrons. The summed E-state index contributed by atoms with van der Waals surface area (Å²) in [6.45, 7) is 1.65. The van der Waals surface area contributed by atoms with E-state index in [0.717, 1.165) is 6.08 Å². The monoisotopic (exact) mass is 190 g/mol. The second kappa shape index (κ2) is 5.54. The number of carboxylic acid groups (broad SMARTS) is 1. The van der Waals surface area contributed by atoms with Crippen molar-refractivity contribution in [3.63, 3.8) is 0 Å². The Morgan fingerprint density at radius 3 is 2.58 bits per heavy atom. The van der Waals surface area contributed by atoms with Crippen LogP contribution < -0.4 is 0 Å². The summed E-state index contributed by atoms with van der Waals surface area (Å²) in [5.41, 5.74) is 0. The van der Waals surface area contributed by atoms with Gasteiger partial charge in [-0.05, 0) is 12.2 Å². The Kier molecular flexibility index (Phi) is 5.03. The van der Waals surface area contributed by atoms with Crippen LogP contribution in [0.3, 0.4) is 0 Å². The lowest BCUT2D eigenvalue weighted by Gasteiger charge is -2.05. The summed E-state index contributed by atoms with van der Waals surface area (Å²) in [4.78, 5) is 10.2. The van der Waals surface area contributed by atoms with Crippen molar-refractivity contribution in [3.8, 4) is 0 Å². The lowest BCUT2D eigenvalue weighted by molar-refractivity contribution is -0.131. The van der Waals surface area contributed by atoms with Crippen molar-refractivity contribution in [2.75, 3.05) is 13.7 Å². The van der Waals surface area contributed by atoms with Crippen molar-refractivity contribution in [2.24, 2.45) is 0 Å². The number of ether oxygens (including phenoxy) is 2. The zero-order valence-electron chi connectivity index (χ0n) is 6.86. The van der Waals surface area contributed by atoms with Crippen LogP contribution in [-0.2, 0) is 14.3 Å². The third-order valence-electron chi connectivity index (χ3n) is 0.964. The zero-order chi connectivity index (χ0) is 9.56. The zero-order valence-corrected chi connectivity index (χ0v) is 7.68. The summed E-state index contributed by atoms with van der Waals surface area (Å²) in [5.74, 6) is -0.843. The maximum absolute atomic E-state index is 10.2. The molecule has 0 aromatic heterocycles. The van der Waals surface area contributed by atoms with Crippen LogP contribution in [0.25, 0.3) is 0 Å². The van der Waals surface area contributed by atoms with Gasteiger partial charge in [-0.15, -0.1) is 0 Å². The molecule has 0 aliphatic rings. The molecule has 0 aliphatic carbocycles. The van der Waals surface area contributed by atoms with E-state index < -0.39 is 5.97 Å². The SMILES string of the molecule is COC(=CC(=O)O)COC(C)=S. The molecule has 68 valence electrons. The summed E-state index contributed by atoms with van der Waals surface area (Å²) < 4.78 is 9.58. The van der Waals surface area contributed by atoms with Gasteiger partial charge in [0, 0.05) is 6.92 Å². The fraction of sp³-hybridized carbons (Fsp3) is 0.429. The molecule has 0 bridgehead atoms. The smallest absolute Gasteiger partial charge is 0.331 e. The average molecular weight is 190 g/mol. The van der Waals surface area contributed by atoms with Crippen LogP contribution in [-0.4, -0.2) is 29.8 Å². The Bertz CT molecular complexity index is 209. The van der Waals surface area contributed by atoms with E-state index in [1.54, 1.807) is 6.92 Å². The van der Waals surface area contributed by atoms with Crippen molar-refractivity contribution in [1.82, 2.24) is 0 Å². The van der Waals surface area contributed by atoms with Crippen LogP contribution >= 0.6 is 12.2 Å². The standard InChI is InChI=1S/C7H10O4S/c1-5(12)11-4-6(10-2)3-7(8)9/h3H,4H2,1-2H3,(H,8,9). The lowest BCUT2D eigenvalue weighted by Crippen LogP contribution is -2.05. The molecule has 0 unspecified atom stereocenters. The Morgan fingerprint density at radius 2 is 2.25 bits per heavy atom. The first-order chi connectivity index (χ1) is 5.56. The van der Waals surface area contributed by atoms with E-state index in [0.29, 0.717) is 5.05 Å². The minimum Gasteiger partial charge on any atom is -0.497 e. The molecule has 1 N–H and O–H groups in total. The summed E-state index contributed by atoms with van der Waals surface area (Å²) in [6, 6.07) is 0. The van der Waals surface area contributed by atoms with Crippen molar-refractivity contribution >= 4 is 23.2 Å². The van der Waals surface area contributed by atoms with Crippen LogP contribution in [0, 0.1) is 0 Å². The summed E-state index contributed by atoms with van der Waals surface area (Å²) in [7, 11) is 1.37. The number of methoxy groups -OCH3 is 1. The molecule has 0 atom stereocenters. The van der Waals surface area contributed by atoms with Gasteiger partial charge >= 0.3 is 5.97 Å². The predicted molar refractivity (Wildman–Crippen MR) is 47.0 cm³/mol. The number of thiocarbonyl (C=S) groups is 1. The Balaban J connectivity index is 4.00. The van der Waals surface area contributed by atoms with E-state index in [9.17, 15) is 4.79 Å². The van der Waals surface area contributed by atoms with Gasteiger partial charge in [-0.1, -0.05) is 0 Å². The van der Waals surface area contributed by atoms with Crippen molar-refractivity contribution < 1.29 is 19.4 Å². The molecule has 0 spiro atoms. The lowest BCUT2D eigenvalue weighted by atomic mass is 10.4. The second-order valence-electron chi connectivity index (χ2n) is 1.93. The highest BCUT2D eigenvalue weighted by Crippen LogP contribution is 1.96. The molecule has 0 amide bonds. The Labute approximate surface area is 75.8 Å². The largest absolute Gasteiger partial charge is 0.497 e. The maximum Gasteiger partial charge on any atom is 0.331 e. The van der Waals surface area contributed by atoms with E-state index >= 15 is 0 Å². The molecular formula is C7H10O4S. The summed E-state index contributed by atoms with van der Waals surface area (Å²) in [5, 5.41) is 8.69. The predicted octanol–water partition coefficient (Wildman–Crippen LogP) is 0.965. The second-order valence-corrected chi connectivity index (χ2v) is 2.51. The van der Waals surface area contributed by atoms with Crippen LogP contribution in [0.5, 0.6) is 0 Å². The van der Waals surface area contributed by atoms with Gasteiger partial charge in [-0.3, -0.25) is 0 Å². The van der Waals surface area contributed by atoms with Crippen molar-refractivity contribution in [1.29, 1.82) is 0 Å². The van der Waals surface area contributed by atoms with Crippen LogP contribution in [0.2, 0.25) is 0 Å². The maximum atomic E-state index is 10.2. The van der Waals surface area contributed by atoms with E-state index in [2.05, 4.69) is 12.2 Å². The first-order valence-corrected chi connectivity index (χ1v) is 3.58. The van der Waals surface area contributed by atoms with Gasteiger partial charge in [-0.2, -0.15) is 0 Å². The highest BCUT2D eigenvalue weighted by molar-refractivity contribution is 7.80. The fourth-order valence-electron chi connectivity index (χ4n) is 0.470. The van der Waals surface area contributed by atoms with Gasteiger partial charge in [-0.25, -0.2) is 4.79 Å². The van der Waals surface area contributed by atoms with Crippen molar-refractivity contribution in [3.05, 3.63) is 11.8 Å². The number of aliphatic carboxylic acids is 1. The van der Waals surface area contributed by atoms with Gasteiger partial charge in [0.15, 0.2) is 5.05 Å². The van der Waals surface area contributed by atoms with Gasteiger partial charge in [0.05, 0.1) is 13.2 Å². The molecule has 5 heteroatoms. The highest BCUT2D eigenvalue weighted by Gasteiger charge is 2.00. The average Bonchev–Trinajstić information content (AvgIpc) is 1.97. The molecule has 0 aromatic rings. The fourth-order valence-corrected chi connectivity index (χ4v) is 0.529. The highest BCUT2D eigenvalue weighted by atomic mass is 32.1. The number of rotatable bonds is 4. The quantitative estimate of drug-likeness (QED) is 0.406. The third-order valence-corrected chi connectivity index (χ3v) is 1.08. The van der Waals surface area contributed by atoms with Gasteiger partial charge in [0.2, 0.25) is 0 Å². The molecule has 0 aromatic carbocycles. The van der Waals surface area contributed by atoms with E-state index in [1.165, 1.54) is 7.11 Å². The van der Waals surface area contributed by atoms with E-state index in [1.807, 2.05) is 0 Å². The minimum absolute atomic E-state index is 0.0537. The third kappa shape index (κ3) is 5.67. The minimum atomic E-state index is -1.07. The first-order valence-electron chi connectivity index (χ1n) is 3.17. The van der Waals surface area contributed by atoms with Gasteiger partial charge in [0.1, 0.15) is 12.4 Å². The summed E-state index contributed by atoms with van der Waals surface area (Å²) >= 11 is 4.62. The van der Waals surface area contributed by atoms with Crippen molar-refractivity contribution in [2.45, 2.75) is 6.92 Å².